The molecule has 0 bridgehead atoms. The zero-order chi connectivity index (χ0) is 15.3. The van der Waals surface area contributed by atoms with Gasteiger partial charge >= 0.3 is 0 Å². The minimum absolute atomic E-state index is 0. The fraction of sp³-hybridized carbons (Fsp3) is 0.625. The molecule has 1 aliphatic heterocycles. The summed E-state index contributed by atoms with van der Waals surface area (Å²) in [6.07, 6.45) is 3.66. The van der Waals surface area contributed by atoms with Crippen molar-refractivity contribution in [3.63, 3.8) is 0 Å². The van der Waals surface area contributed by atoms with E-state index >= 15 is 0 Å². The molecule has 1 aromatic heterocycles. The normalized spacial score (nSPS) is 32.2. The topological polar surface area (TPSA) is 77.2 Å². The molecule has 1 saturated carbocycles. The summed E-state index contributed by atoms with van der Waals surface area (Å²) in [5.41, 5.74) is 6.90. The summed E-state index contributed by atoms with van der Waals surface area (Å²) in [5.74, 6) is -0.0374. The molecule has 3 rings (SSSR count). The predicted molar refractivity (Wildman–Crippen MR) is 88.0 cm³/mol. The number of nitrogens with two attached hydrogens (primary N) is 1. The van der Waals surface area contributed by atoms with Gasteiger partial charge in [-0.05, 0) is 31.9 Å². The van der Waals surface area contributed by atoms with Gasteiger partial charge < -0.3 is 15.8 Å². The molecule has 0 radical (unpaired) electrons. The Hall–Kier alpha value is -1.17. The van der Waals surface area contributed by atoms with Crippen molar-refractivity contribution in [3.8, 4) is 0 Å². The minimum Gasteiger partial charge on any atom is -0.377 e. The third-order valence-electron chi connectivity index (χ3n) is 5.23. The summed E-state index contributed by atoms with van der Waals surface area (Å²) in [7, 11) is 0. The number of rotatable bonds is 2. The molecule has 2 heterocycles. The number of carbonyl (C=O) groups is 1. The number of nitrogens with zero attached hydrogens (tertiary/aromatic N) is 1. The molecule has 0 aromatic carbocycles. The van der Waals surface area contributed by atoms with Gasteiger partial charge in [0.1, 0.15) is 5.54 Å². The Morgan fingerprint density at radius 2 is 2.18 bits per heavy atom. The third-order valence-corrected chi connectivity index (χ3v) is 5.23. The highest BCUT2D eigenvalue weighted by molar-refractivity contribution is 6.00. The summed E-state index contributed by atoms with van der Waals surface area (Å²) in [5, 5.41) is 2.92. The Bertz CT molecular complexity index is 561. The summed E-state index contributed by atoms with van der Waals surface area (Å²) < 4.78 is 5.83. The fourth-order valence-electron chi connectivity index (χ4n) is 3.81. The number of anilines is 1. The van der Waals surface area contributed by atoms with Crippen molar-refractivity contribution >= 4 is 24.0 Å². The van der Waals surface area contributed by atoms with E-state index in [0.29, 0.717) is 5.69 Å². The van der Waals surface area contributed by atoms with Crippen LogP contribution in [0.5, 0.6) is 0 Å². The van der Waals surface area contributed by atoms with Gasteiger partial charge in [0, 0.05) is 23.6 Å². The Balaban J connectivity index is 0.00000176. The van der Waals surface area contributed by atoms with E-state index < -0.39 is 5.54 Å². The van der Waals surface area contributed by atoms with E-state index in [4.69, 9.17) is 10.5 Å². The lowest BCUT2D eigenvalue weighted by Crippen LogP contribution is -2.81. The second-order valence-electron chi connectivity index (χ2n) is 6.77. The first-order valence-electron chi connectivity index (χ1n) is 7.52. The number of aromatic nitrogens is 1. The van der Waals surface area contributed by atoms with Gasteiger partial charge in [-0.25, -0.2) is 0 Å². The fourth-order valence-corrected chi connectivity index (χ4v) is 3.81. The van der Waals surface area contributed by atoms with Gasteiger partial charge in [0.05, 0.1) is 18.0 Å². The second-order valence-corrected chi connectivity index (χ2v) is 6.77. The molecule has 3 atom stereocenters. The van der Waals surface area contributed by atoms with E-state index in [1.54, 1.807) is 6.20 Å². The molecule has 122 valence electrons. The largest absolute Gasteiger partial charge is 0.377 e. The quantitative estimate of drug-likeness (QED) is 0.874. The first-order valence-corrected chi connectivity index (χ1v) is 7.52. The summed E-state index contributed by atoms with van der Waals surface area (Å²) in [4.78, 5) is 16.9. The summed E-state index contributed by atoms with van der Waals surface area (Å²) >= 11 is 0. The average Bonchev–Trinajstić information content (AvgIpc) is 2.48. The van der Waals surface area contributed by atoms with Crippen LogP contribution < -0.4 is 11.1 Å². The molecule has 22 heavy (non-hydrogen) atoms. The van der Waals surface area contributed by atoms with Crippen molar-refractivity contribution in [1.82, 2.24) is 4.98 Å². The number of hydrogen-bond acceptors (Lipinski definition) is 4. The van der Waals surface area contributed by atoms with Crippen LogP contribution in [0.2, 0.25) is 0 Å². The lowest BCUT2D eigenvalue weighted by atomic mass is 9.46. The van der Waals surface area contributed by atoms with Crippen LogP contribution in [-0.2, 0) is 9.53 Å². The van der Waals surface area contributed by atoms with Crippen molar-refractivity contribution in [2.45, 2.75) is 45.3 Å². The lowest BCUT2D eigenvalue weighted by Gasteiger charge is -2.65. The van der Waals surface area contributed by atoms with Gasteiger partial charge in [0.25, 0.3) is 0 Å². The number of ether oxygens (including phenoxy) is 1. The van der Waals surface area contributed by atoms with Crippen molar-refractivity contribution in [1.29, 1.82) is 0 Å². The maximum atomic E-state index is 12.8. The molecule has 2 fully saturated rings. The highest BCUT2D eigenvalue weighted by atomic mass is 35.5. The lowest BCUT2D eigenvalue weighted by molar-refractivity contribution is -0.222. The Morgan fingerprint density at radius 1 is 1.45 bits per heavy atom. The van der Waals surface area contributed by atoms with Gasteiger partial charge in [-0.15, -0.1) is 12.4 Å². The zero-order valence-corrected chi connectivity index (χ0v) is 14.1. The zero-order valence-electron chi connectivity index (χ0n) is 13.3. The highest BCUT2D eigenvalue weighted by Gasteiger charge is 2.70. The molecule has 5 nitrogen and oxygen atoms in total. The minimum atomic E-state index is -0.886. The van der Waals surface area contributed by atoms with Crippen LogP contribution >= 0.6 is 12.4 Å². The number of fused-ring (bicyclic) bond motifs is 1. The number of halogens is 1. The second kappa shape index (κ2) is 5.80. The van der Waals surface area contributed by atoms with Crippen LogP contribution in [0.4, 0.5) is 5.69 Å². The highest BCUT2D eigenvalue weighted by Crippen LogP contribution is 2.57. The summed E-state index contributed by atoms with van der Waals surface area (Å²) in [6.45, 7) is 6.72. The van der Waals surface area contributed by atoms with E-state index in [2.05, 4.69) is 10.3 Å². The molecule has 1 amide bonds. The van der Waals surface area contributed by atoms with Crippen LogP contribution in [0.15, 0.2) is 18.3 Å². The SMILES string of the molecule is Cc1ccc(NC(=O)C2(N)C3CCCOC3C2(C)C)cn1.Cl. The third kappa shape index (κ3) is 2.32. The van der Waals surface area contributed by atoms with Crippen LogP contribution in [-0.4, -0.2) is 29.1 Å². The van der Waals surface area contributed by atoms with E-state index in [-0.39, 0.29) is 35.8 Å². The number of nitrogens with one attached hydrogen (secondary N) is 1. The van der Waals surface area contributed by atoms with E-state index in [0.717, 1.165) is 25.1 Å². The van der Waals surface area contributed by atoms with Crippen molar-refractivity contribution in [3.05, 3.63) is 24.0 Å². The van der Waals surface area contributed by atoms with Gasteiger partial charge in [-0.3, -0.25) is 9.78 Å². The van der Waals surface area contributed by atoms with Crippen molar-refractivity contribution in [2.24, 2.45) is 17.1 Å². The van der Waals surface area contributed by atoms with E-state index in [1.807, 2.05) is 32.9 Å². The molecule has 1 aliphatic carbocycles. The molecule has 1 aromatic rings. The number of carbonyl (C=O) groups excluding carboxylic acids is 1. The Labute approximate surface area is 137 Å². The molecule has 0 spiro atoms. The molecule has 6 heteroatoms. The van der Waals surface area contributed by atoms with Crippen LogP contribution in [0.25, 0.3) is 0 Å². The first-order chi connectivity index (χ1) is 9.87. The number of aryl methyl sites for hydroxylation is 1. The molecule has 3 N–H and O–H groups in total. The monoisotopic (exact) mass is 325 g/mol. The first kappa shape index (κ1) is 17.2. The van der Waals surface area contributed by atoms with Crippen LogP contribution in [0, 0.1) is 18.3 Å². The molecular weight excluding hydrogens is 302 g/mol. The van der Waals surface area contributed by atoms with Gasteiger partial charge in [0.2, 0.25) is 5.91 Å². The van der Waals surface area contributed by atoms with Crippen molar-refractivity contribution < 1.29 is 9.53 Å². The van der Waals surface area contributed by atoms with Gasteiger partial charge in [0.15, 0.2) is 0 Å². The van der Waals surface area contributed by atoms with Crippen LogP contribution in [0.1, 0.15) is 32.4 Å². The standard InChI is InChI=1S/C16H23N3O2.ClH/c1-10-6-7-11(9-18-10)19-14(20)16(17)12-5-4-8-21-13(12)15(16,2)3;/h6-7,9,12-13H,4-5,8,17H2,1-3H3,(H,19,20);1H. The molecule has 3 unspecified atom stereocenters. The Kier molecular flexibility index (Phi) is 4.53. The van der Waals surface area contributed by atoms with Crippen LogP contribution in [0.3, 0.4) is 0 Å². The number of pyridine rings is 1. The van der Waals surface area contributed by atoms with E-state index in [1.165, 1.54) is 0 Å². The Morgan fingerprint density at radius 3 is 2.82 bits per heavy atom. The van der Waals surface area contributed by atoms with Gasteiger partial charge in [-0.1, -0.05) is 13.8 Å². The number of hydrogen-bond donors (Lipinski definition) is 2. The smallest absolute Gasteiger partial charge is 0.245 e. The van der Waals surface area contributed by atoms with Gasteiger partial charge in [-0.2, -0.15) is 0 Å². The maximum absolute atomic E-state index is 12.8. The maximum Gasteiger partial charge on any atom is 0.245 e. The molecule has 1 saturated heterocycles. The molecular formula is C16H24ClN3O2. The number of amides is 1. The average molecular weight is 326 g/mol. The predicted octanol–water partition coefficient (Wildman–Crippen LogP) is 2.28. The molecule has 2 aliphatic rings. The van der Waals surface area contributed by atoms with Crippen molar-refractivity contribution in [2.75, 3.05) is 11.9 Å². The summed E-state index contributed by atoms with van der Waals surface area (Å²) in [6, 6.07) is 3.72. The van der Waals surface area contributed by atoms with E-state index in [9.17, 15) is 4.79 Å².